The van der Waals surface area contributed by atoms with E-state index in [-0.39, 0.29) is 11.5 Å². The van der Waals surface area contributed by atoms with Crippen LogP contribution in [0.1, 0.15) is 29.7 Å². The summed E-state index contributed by atoms with van der Waals surface area (Å²) >= 11 is 0. The van der Waals surface area contributed by atoms with Crippen molar-refractivity contribution in [1.82, 2.24) is 14.0 Å². The maximum absolute atomic E-state index is 12.0. The van der Waals surface area contributed by atoms with Crippen LogP contribution in [0.3, 0.4) is 0 Å². The number of hydrogen-bond donors (Lipinski definition) is 0. The Hall–Kier alpha value is -3.14. The molecule has 1 aromatic carbocycles. The highest BCUT2D eigenvalue weighted by Gasteiger charge is 2.14. The summed E-state index contributed by atoms with van der Waals surface area (Å²) in [5.41, 5.74) is 6.21. The van der Waals surface area contributed by atoms with E-state index in [2.05, 4.69) is 52.8 Å². The zero-order chi connectivity index (χ0) is 18.3. The van der Waals surface area contributed by atoms with Crippen molar-refractivity contribution < 1.29 is 0 Å². The number of nitrogens with zero attached hydrogens (tertiary/aromatic N) is 3. The molecule has 4 rings (SSSR count). The molecule has 0 spiro atoms. The SMILES string of the molecule is Cc1cc(-c2ccc3ncc(C(C)c4ccccc4)n3c2)cn(C)c1=O. The summed E-state index contributed by atoms with van der Waals surface area (Å²) in [7, 11) is 1.79. The molecule has 4 heteroatoms. The molecule has 130 valence electrons. The van der Waals surface area contributed by atoms with Crippen LogP contribution >= 0.6 is 0 Å². The minimum atomic E-state index is 0.0378. The summed E-state index contributed by atoms with van der Waals surface area (Å²) < 4.78 is 3.78. The van der Waals surface area contributed by atoms with E-state index in [1.165, 1.54) is 5.56 Å². The lowest BCUT2D eigenvalue weighted by molar-refractivity contribution is 0.847. The number of hydrogen-bond acceptors (Lipinski definition) is 2. The standard InChI is InChI=1S/C22H21N3O/c1-15-11-19(13-24(3)22(15)26)18-9-10-21-23-12-20(25(21)14-18)16(2)17-7-5-4-6-8-17/h4-14,16H,1-3H3. The lowest BCUT2D eigenvalue weighted by Crippen LogP contribution is -2.18. The first-order valence-corrected chi connectivity index (χ1v) is 8.74. The van der Waals surface area contributed by atoms with E-state index in [0.717, 1.165) is 28.0 Å². The van der Waals surface area contributed by atoms with Crippen molar-refractivity contribution in [3.63, 3.8) is 0 Å². The third kappa shape index (κ3) is 2.73. The molecule has 4 nitrogen and oxygen atoms in total. The van der Waals surface area contributed by atoms with Crippen LogP contribution in [-0.2, 0) is 7.05 Å². The monoisotopic (exact) mass is 343 g/mol. The molecule has 0 saturated carbocycles. The van der Waals surface area contributed by atoms with Gasteiger partial charge in [-0.2, -0.15) is 0 Å². The third-order valence-corrected chi connectivity index (χ3v) is 4.97. The van der Waals surface area contributed by atoms with Crippen LogP contribution < -0.4 is 5.56 Å². The Balaban J connectivity index is 1.84. The van der Waals surface area contributed by atoms with Gasteiger partial charge in [-0.15, -0.1) is 0 Å². The third-order valence-electron chi connectivity index (χ3n) is 4.97. The van der Waals surface area contributed by atoms with Crippen LogP contribution in [0.25, 0.3) is 16.8 Å². The highest BCUT2D eigenvalue weighted by molar-refractivity contribution is 5.65. The van der Waals surface area contributed by atoms with Crippen LogP contribution in [0.4, 0.5) is 0 Å². The molecule has 0 amide bonds. The zero-order valence-electron chi connectivity index (χ0n) is 15.2. The Bertz CT molecular complexity index is 1110. The quantitative estimate of drug-likeness (QED) is 0.560. The molecule has 0 aliphatic rings. The van der Waals surface area contributed by atoms with Gasteiger partial charge >= 0.3 is 0 Å². The Morgan fingerprint density at radius 2 is 1.77 bits per heavy atom. The Kier molecular flexibility index (Phi) is 3.96. The number of aryl methyl sites for hydroxylation is 2. The Labute approximate surface area is 152 Å². The molecule has 0 bridgehead atoms. The van der Waals surface area contributed by atoms with Crippen LogP contribution in [-0.4, -0.2) is 14.0 Å². The number of rotatable bonds is 3. The van der Waals surface area contributed by atoms with E-state index in [0.29, 0.717) is 0 Å². The van der Waals surface area contributed by atoms with Crippen molar-refractivity contribution >= 4 is 5.65 Å². The average Bonchev–Trinajstić information content (AvgIpc) is 3.09. The smallest absolute Gasteiger partial charge is 0.253 e. The largest absolute Gasteiger partial charge is 0.318 e. The van der Waals surface area contributed by atoms with Crippen LogP contribution in [0.2, 0.25) is 0 Å². The van der Waals surface area contributed by atoms with Gasteiger partial charge in [-0.1, -0.05) is 37.3 Å². The minimum absolute atomic E-state index is 0.0378. The second kappa shape index (κ2) is 6.30. The molecule has 0 radical (unpaired) electrons. The fourth-order valence-corrected chi connectivity index (χ4v) is 3.44. The summed E-state index contributed by atoms with van der Waals surface area (Å²) in [5, 5.41) is 0. The molecule has 3 heterocycles. The highest BCUT2D eigenvalue weighted by atomic mass is 16.1. The van der Waals surface area contributed by atoms with Gasteiger partial charge in [-0.05, 0) is 41.8 Å². The van der Waals surface area contributed by atoms with E-state index in [1.54, 1.807) is 11.6 Å². The van der Waals surface area contributed by atoms with Gasteiger partial charge in [0.1, 0.15) is 5.65 Å². The first-order chi connectivity index (χ1) is 12.5. The molecular weight excluding hydrogens is 322 g/mol. The van der Waals surface area contributed by atoms with Crippen LogP contribution in [0, 0.1) is 6.92 Å². The molecule has 3 aromatic heterocycles. The normalized spacial score (nSPS) is 12.4. The molecule has 0 N–H and O–H groups in total. The summed E-state index contributed by atoms with van der Waals surface area (Å²) in [6, 6.07) is 16.5. The predicted molar refractivity (Wildman–Crippen MR) is 105 cm³/mol. The van der Waals surface area contributed by atoms with Gasteiger partial charge in [0.2, 0.25) is 0 Å². The molecular formula is C22H21N3O. The minimum Gasteiger partial charge on any atom is -0.318 e. The molecule has 0 saturated heterocycles. The molecule has 26 heavy (non-hydrogen) atoms. The zero-order valence-corrected chi connectivity index (χ0v) is 15.2. The van der Waals surface area contributed by atoms with Crippen molar-refractivity contribution in [3.05, 3.63) is 94.3 Å². The van der Waals surface area contributed by atoms with Gasteiger partial charge in [0, 0.05) is 42.8 Å². The average molecular weight is 343 g/mol. The lowest BCUT2D eigenvalue weighted by atomic mass is 9.98. The second-order valence-corrected chi connectivity index (χ2v) is 6.79. The van der Waals surface area contributed by atoms with Crippen molar-refractivity contribution in [3.8, 4) is 11.1 Å². The van der Waals surface area contributed by atoms with Gasteiger partial charge in [0.15, 0.2) is 0 Å². The summed E-state index contributed by atoms with van der Waals surface area (Å²) in [6.45, 7) is 4.05. The van der Waals surface area contributed by atoms with E-state index in [1.807, 2.05) is 37.5 Å². The maximum atomic E-state index is 12.0. The second-order valence-electron chi connectivity index (χ2n) is 6.79. The first kappa shape index (κ1) is 16.3. The number of fused-ring (bicyclic) bond motifs is 1. The van der Waals surface area contributed by atoms with E-state index in [4.69, 9.17) is 0 Å². The molecule has 1 atom stereocenters. The number of pyridine rings is 2. The van der Waals surface area contributed by atoms with Crippen molar-refractivity contribution in [2.45, 2.75) is 19.8 Å². The van der Waals surface area contributed by atoms with E-state index in [9.17, 15) is 4.79 Å². The summed E-state index contributed by atoms with van der Waals surface area (Å²) in [6.07, 6.45) is 5.94. The molecule has 0 aliphatic carbocycles. The lowest BCUT2D eigenvalue weighted by Gasteiger charge is -2.13. The topological polar surface area (TPSA) is 39.3 Å². The first-order valence-electron chi connectivity index (χ1n) is 8.74. The van der Waals surface area contributed by atoms with E-state index < -0.39 is 0 Å². The van der Waals surface area contributed by atoms with Gasteiger partial charge in [0.25, 0.3) is 5.56 Å². The Morgan fingerprint density at radius 1 is 1.00 bits per heavy atom. The van der Waals surface area contributed by atoms with Crippen molar-refractivity contribution in [2.75, 3.05) is 0 Å². The molecule has 4 aromatic rings. The molecule has 1 unspecified atom stereocenters. The van der Waals surface area contributed by atoms with Gasteiger partial charge in [-0.25, -0.2) is 4.98 Å². The molecule has 0 fully saturated rings. The van der Waals surface area contributed by atoms with Gasteiger partial charge in [0.05, 0.1) is 0 Å². The Morgan fingerprint density at radius 3 is 2.50 bits per heavy atom. The highest BCUT2D eigenvalue weighted by Crippen LogP contribution is 2.27. The fraction of sp³-hybridized carbons (Fsp3) is 0.182. The van der Waals surface area contributed by atoms with Crippen molar-refractivity contribution in [2.24, 2.45) is 7.05 Å². The summed E-state index contributed by atoms with van der Waals surface area (Å²) in [4.78, 5) is 16.5. The summed E-state index contributed by atoms with van der Waals surface area (Å²) in [5.74, 6) is 0.239. The number of imidazole rings is 1. The van der Waals surface area contributed by atoms with Gasteiger partial charge < -0.3 is 8.97 Å². The maximum Gasteiger partial charge on any atom is 0.253 e. The molecule has 0 aliphatic heterocycles. The van der Waals surface area contributed by atoms with Crippen LogP contribution in [0.15, 0.2) is 71.9 Å². The fourth-order valence-electron chi connectivity index (χ4n) is 3.44. The van der Waals surface area contributed by atoms with Crippen LogP contribution in [0.5, 0.6) is 0 Å². The van der Waals surface area contributed by atoms with E-state index >= 15 is 0 Å². The number of benzene rings is 1. The number of aromatic nitrogens is 3. The predicted octanol–water partition coefficient (Wildman–Crippen LogP) is 4.16. The van der Waals surface area contributed by atoms with Crippen molar-refractivity contribution in [1.29, 1.82) is 0 Å². The van der Waals surface area contributed by atoms with Gasteiger partial charge in [-0.3, -0.25) is 4.79 Å².